The first-order chi connectivity index (χ1) is 9.67. The first kappa shape index (κ1) is 14.0. The van der Waals surface area contributed by atoms with E-state index in [0.717, 1.165) is 17.5 Å². The lowest BCUT2D eigenvalue weighted by Gasteiger charge is -2.06. The number of ether oxygens (including phenoxy) is 1. The van der Waals surface area contributed by atoms with Crippen molar-refractivity contribution in [3.8, 4) is 17.2 Å². The lowest BCUT2D eigenvalue weighted by atomic mass is 10.1. The summed E-state index contributed by atoms with van der Waals surface area (Å²) in [7, 11) is 0. The fourth-order valence-corrected chi connectivity index (χ4v) is 1.78. The number of phenolic OH excluding ortho intramolecular Hbond substituents is 2. The highest BCUT2D eigenvalue weighted by Crippen LogP contribution is 2.23. The number of benzene rings is 2. The van der Waals surface area contributed by atoms with Crippen molar-refractivity contribution < 1.29 is 14.9 Å². The van der Waals surface area contributed by atoms with Crippen molar-refractivity contribution in [3.63, 3.8) is 0 Å². The van der Waals surface area contributed by atoms with E-state index in [1.165, 1.54) is 0 Å². The molecule has 0 atom stereocenters. The van der Waals surface area contributed by atoms with E-state index in [1.54, 1.807) is 24.3 Å². The zero-order chi connectivity index (χ0) is 14.4. The summed E-state index contributed by atoms with van der Waals surface area (Å²) in [6.45, 7) is 2.67. The second-order valence-corrected chi connectivity index (χ2v) is 4.53. The number of rotatable bonds is 5. The Bertz CT molecular complexity index is 586. The van der Waals surface area contributed by atoms with Crippen LogP contribution in [0.3, 0.4) is 0 Å². The maximum absolute atomic E-state index is 9.68. The highest BCUT2D eigenvalue weighted by molar-refractivity contribution is 5.71. The Labute approximate surface area is 118 Å². The zero-order valence-electron chi connectivity index (χ0n) is 11.4. The molecule has 0 heterocycles. The molecule has 0 fully saturated rings. The molecule has 0 bridgehead atoms. The van der Waals surface area contributed by atoms with Gasteiger partial charge in [-0.05, 0) is 41.8 Å². The van der Waals surface area contributed by atoms with Crippen LogP contribution >= 0.6 is 0 Å². The average molecular weight is 270 g/mol. The molecule has 0 radical (unpaired) electrons. The average Bonchev–Trinajstić information content (AvgIpc) is 2.44. The number of hydrogen-bond acceptors (Lipinski definition) is 3. The highest BCUT2D eigenvalue weighted by Gasteiger charge is 1.99. The van der Waals surface area contributed by atoms with E-state index in [4.69, 9.17) is 4.74 Å². The van der Waals surface area contributed by atoms with Gasteiger partial charge in [0.25, 0.3) is 0 Å². The second kappa shape index (κ2) is 6.66. The van der Waals surface area contributed by atoms with Crippen LogP contribution in [0.2, 0.25) is 0 Å². The number of hydrogen-bond donors (Lipinski definition) is 2. The Morgan fingerprint density at radius 2 is 1.60 bits per heavy atom. The fourth-order valence-electron chi connectivity index (χ4n) is 1.78. The molecule has 2 rings (SSSR count). The Morgan fingerprint density at radius 3 is 2.30 bits per heavy atom. The maximum Gasteiger partial charge on any atom is 0.123 e. The van der Waals surface area contributed by atoms with E-state index in [9.17, 15) is 10.2 Å². The van der Waals surface area contributed by atoms with Gasteiger partial charge in [0, 0.05) is 6.07 Å². The largest absolute Gasteiger partial charge is 0.508 e. The predicted molar refractivity (Wildman–Crippen MR) is 80.9 cm³/mol. The molecule has 3 nitrogen and oxygen atoms in total. The quantitative estimate of drug-likeness (QED) is 0.806. The highest BCUT2D eigenvalue weighted by atomic mass is 16.5. The lowest BCUT2D eigenvalue weighted by molar-refractivity contribution is 0.315. The molecule has 0 aromatic heterocycles. The lowest BCUT2D eigenvalue weighted by Crippen LogP contribution is -1.94. The molecule has 0 amide bonds. The Morgan fingerprint density at radius 1 is 0.900 bits per heavy atom. The molecule has 0 unspecified atom stereocenters. The topological polar surface area (TPSA) is 49.7 Å². The summed E-state index contributed by atoms with van der Waals surface area (Å²) < 4.78 is 5.52. The minimum atomic E-state index is 0.184. The molecular formula is C17H18O3. The third kappa shape index (κ3) is 4.05. The van der Waals surface area contributed by atoms with Crippen LogP contribution < -0.4 is 4.74 Å². The second-order valence-electron chi connectivity index (χ2n) is 4.53. The molecule has 104 valence electrons. The first-order valence-electron chi connectivity index (χ1n) is 6.61. The molecule has 20 heavy (non-hydrogen) atoms. The van der Waals surface area contributed by atoms with Crippen LogP contribution in [0.25, 0.3) is 12.2 Å². The summed E-state index contributed by atoms with van der Waals surface area (Å²) in [5, 5.41) is 18.9. The van der Waals surface area contributed by atoms with E-state index < -0.39 is 0 Å². The van der Waals surface area contributed by atoms with E-state index in [1.807, 2.05) is 37.3 Å². The normalized spacial score (nSPS) is 10.8. The Kier molecular flexibility index (Phi) is 4.66. The van der Waals surface area contributed by atoms with Gasteiger partial charge in [0.15, 0.2) is 0 Å². The minimum absolute atomic E-state index is 0.184. The third-order valence-corrected chi connectivity index (χ3v) is 2.75. The summed E-state index contributed by atoms with van der Waals surface area (Å²) >= 11 is 0. The zero-order valence-corrected chi connectivity index (χ0v) is 11.4. The molecule has 0 saturated heterocycles. The van der Waals surface area contributed by atoms with Crippen LogP contribution in [-0.2, 0) is 0 Å². The van der Waals surface area contributed by atoms with E-state index >= 15 is 0 Å². The van der Waals surface area contributed by atoms with Crippen molar-refractivity contribution in [1.82, 2.24) is 0 Å². The molecule has 0 aliphatic carbocycles. The molecule has 3 heteroatoms. The van der Waals surface area contributed by atoms with Crippen molar-refractivity contribution in [1.29, 1.82) is 0 Å². The number of aromatic hydroxyl groups is 2. The third-order valence-electron chi connectivity index (χ3n) is 2.75. The molecule has 0 aliphatic rings. The van der Waals surface area contributed by atoms with Crippen molar-refractivity contribution in [3.05, 3.63) is 53.6 Å². The molecule has 0 spiro atoms. The predicted octanol–water partition coefficient (Wildman–Crippen LogP) is 4.06. The van der Waals surface area contributed by atoms with Crippen molar-refractivity contribution in [2.75, 3.05) is 6.61 Å². The van der Waals surface area contributed by atoms with Crippen molar-refractivity contribution in [2.24, 2.45) is 0 Å². The summed E-state index contributed by atoms with van der Waals surface area (Å²) in [4.78, 5) is 0. The van der Waals surface area contributed by atoms with Gasteiger partial charge in [0.2, 0.25) is 0 Å². The summed E-state index contributed by atoms with van der Waals surface area (Å²) in [6.07, 6.45) is 4.73. The van der Waals surface area contributed by atoms with Crippen LogP contribution in [0.4, 0.5) is 0 Å². The summed E-state index contributed by atoms with van der Waals surface area (Å²) in [6, 6.07) is 12.1. The Balaban J connectivity index is 2.15. The van der Waals surface area contributed by atoms with Gasteiger partial charge in [-0.25, -0.2) is 0 Å². The van der Waals surface area contributed by atoms with Gasteiger partial charge in [0.1, 0.15) is 17.2 Å². The minimum Gasteiger partial charge on any atom is -0.508 e. The van der Waals surface area contributed by atoms with Crippen molar-refractivity contribution in [2.45, 2.75) is 13.3 Å². The van der Waals surface area contributed by atoms with Gasteiger partial charge in [-0.15, -0.1) is 0 Å². The van der Waals surface area contributed by atoms with E-state index in [-0.39, 0.29) is 11.5 Å². The first-order valence-corrected chi connectivity index (χ1v) is 6.61. The van der Waals surface area contributed by atoms with Crippen LogP contribution in [0, 0.1) is 0 Å². The van der Waals surface area contributed by atoms with Gasteiger partial charge in [-0.3, -0.25) is 0 Å². The van der Waals surface area contributed by atoms with Crippen LogP contribution in [-0.4, -0.2) is 16.8 Å². The number of phenols is 2. The molecule has 2 aromatic rings. The van der Waals surface area contributed by atoms with Crippen molar-refractivity contribution >= 4 is 12.2 Å². The SMILES string of the molecule is CCCOc1cc(O)cc(/C=C/c2ccc(O)cc2)c1. The van der Waals surface area contributed by atoms with Gasteiger partial charge < -0.3 is 14.9 Å². The fraction of sp³-hybridized carbons (Fsp3) is 0.176. The van der Waals surface area contributed by atoms with Crippen LogP contribution in [0.15, 0.2) is 42.5 Å². The molecule has 0 aliphatic heterocycles. The van der Waals surface area contributed by atoms with Crippen LogP contribution in [0.1, 0.15) is 24.5 Å². The van der Waals surface area contributed by atoms with Gasteiger partial charge in [-0.2, -0.15) is 0 Å². The molecular weight excluding hydrogens is 252 g/mol. The monoisotopic (exact) mass is 270 g/mol. The summed E-state index contributed by atoms with van der Waals surface area (Å²) in [5.41, 5.74) is 1.84. The Hall–Kier alpha value is -2.42. The van der Waals surface area contributed by atoms with Crippen LogP contribution in [0.5, 0.6) is 17.2 Å². The van der Waals surface area contributed by atoms with E-state index in [0.29, 0.717) is 12.4 Å². The van der Waals surface area contributed by atoms with Gasteiger partial charge >= 0.3 is 0 Å². The molecule has 0 saturated carbocycles. The molecule has 2 aromatic carbocycles. The standard InChI is InChI=1S/C17H18O3/c1-2-9-20-17-11-14(10-16(19)12-17)4-3-13-5-7-15(18)8-6-13/h3-8,10-12,18-19H,2,9H2,1H3/b4-3+. The summed E-state index contributed by atoms with van der Waals surface area (Å²) in [5.74, 6) is 1.09. The van der Waals surface area contributed by atoms with Gasteiger partial charge in [-0.1, -0.05) is 31.2 Å². The molecule has 2 N–H and O–H groups in total. The van der Waals surface area contributed by atoms with E-state index in [2.05, 4.69) is 0 Å². The smallest absolute Gasteiger partial charge is 0.123 e. The van der Waals surface area contributed by atoms with Gasteiger partial charge in [0.05, 0.1) is 6.61 Å². The maximum atomic E-state index is 9.68.